The van der Waals surface area contributed by atoms with Gasteiger partial charge >= 0.3 is 8.97 Å². The Balaban J connectivity index is 2.69. The van der Waals surface area contributed by atoms with Crippen molar-refractivity contribution in [2.24, 2.45) is 5.40 Å². The Morgan fingerprint density at radius 3 is 2.12 bits per heavy atom. The van der Waals surface area contributed by atoms with Crippen LogP contribution in [0.3, 0.4) is 0 Å². The molecule has 0 saturated heterocycles. The van der Waals surface area contributed by atoms with Crippen molar-refractivity contribution in [3.05, 3.63) is 35.9 Å². The van der Waals surface area contributed by atoms with Crippen LogP contribution in [0, 0.1) is 0 Å². The summed E-state index contributed by atoms with van der Waals surface area (Å²) in [4.78, 5) is 0. The van der Waals surface area contributed by atoms with Gasteiger partial charge in [-0.1, -0.05) is 30.3 Å². The first kappa shape index (κ1) is 14.3. The lowest BCUT2D eigenvalue weighted by Crippen LogP contribution is -2.58. The molecule has 0 spiro atoms. The monoisotopic (exact) mass is 255 g/mol. The first-order valence-corrected chi connectivity index (χ1v) is 7.34. The molecule has 0 saturated carbocycles. The lowest BCUT2D eigenvalue weighted by atomic mass is 9.99. The largest absolute Gasteiger partial charge is 0.593 e. The molecule has 17 heavy (non-hydrogen) atoms. The van der Waals surface area contributed by atoms with Crippen molar-refractivity contribution in [3.63, 3.8) is 0 Å². The highest BCUT2D eigenvalue weighted by atomic mass is 28.4. The molecular weight excluding hydrogens is 234 g/mol. The molecule has 0 aliphatic carbocycles. The average Bonchev–Trinajstić information content (AvgIpc) is 2.29. The number of hydrogen-bond acceptors (Lipinski definition) is 4. The SMILES string of the molecule is CO[Si](N)(OC)OC(C)(C)Cc1ccccc1. The van der Waals surface area contributed by atoms with Gasteiger partial charge in [0.15, 0.2) is 0 Å². The van der Waals surface area contributed by atoms with Gasteiger partial charge in [0, 0.05) is 14.2 Å². The maximum absolute atomic E-state index is 5.91. The summed E-state index contributed by atoms with van der Waals surface area (Å²) in [5.41, 5.74) is 0.773. The summed E-state index contributed by atoms with van der Waals surface area (Å²) in [6.07, 6.45) is 0.756. The highest BCUT2D eigenvalue weighted by molar-refractivity contribution is 6.57. The highest BCUT2D eigenvalue weighted by Crippen LogP contribution is 2.20. The number of hydrogen-bond donors (Lipinski definition) is 1. The summed E-state index contributed by atoms with van der Waals surface area (Å²) < 4.78 is 16.1. The van der Waals surface area contributed by atoms with Gasteiger partial charge in [-0.05, 0) is 25.8 Å². The van der Waals surface area contributed by atoms with Gasteiger partial charge in [-0.15, -0.1) is 0 Å². The molecule has 0 radical (unpaired) electrons. The Hall–Kier alpha value is -0.723. The van der Waals surface area contributed by atoms with Crippen molar-refractivity contribution in [3.8, 4) is 0 Å². The zero-order chi connectivity index (χ0) is 12.9. The summed E-state index contributed by atoms with van der Waals surface area (Å²) >= 11 is 0. The summed E-state index contributed by atoms with van der Waals surface area (Å²) in [6, 6.07) is 10.1. The molecule has 0 atom stereocenters. The fourth-order valence-electron chi connectivity index (χ4n) is 1.68. The summed E-state index contributed by atoms with van der Waals surface area (Å²) in [7, 11) is 0.0299. The molecule has 1 rings (SSSR count). The van der Waals surface area contributed by atoms with Gasteiger partial charge in [0.1, 0.15) is 0 Å². The lowest BCUT2D eigenvalue weighted by molar-refractivity contribution is 0.00611. The van der Waals surface area contributed by atoms with E-state index >= 15 is 0 Å². The van der Waals surface area contributed by atoms with Crippen LogP contribution in [0.15, 0.2) is 30.3 Å². The molecule has 2 N–H and O–H groups in total. The maximum atomic E-state index is 5.91. The van der Waals surface area contributed by atoms with Crippen molar-refractivity contribution in [2.45, 2.75) is 25.9 Å². The van der Waals surface area contributed by atoms with Gasteiger partial charge in [-0.25, -0.2) is 0 Å². The van der Waals surface area contributed by atoms with Gasteiger partial charge in [0.2, 0.25) is 0 Å². The second-order valence-electron chi connectivity index (χ2n) is 4.54. The second kappa shape index (κ2) is 5.75. The zero-order valence-electron chi connectivity index (χ0n) is 10.9. The Kier molecular flexibility index (Phi) is 4.85. The van der Waals surface area contributed by atoms with Crippen molar-refractivity contribution < 1.29 is 13.3 Å². The van der Waals surface area contributed by atoms with Crippen LogP contribution < -0.4 is 5.40 Å². The third-order valence-electron chi connectivity index (χ3n) is 2.46. The predicted octanol–water partition coefficient (Wildman–Crippen LogP) is 1.71. The Bertz CT molecular complexity index is 339. The van der Waals surface area contributed by atoms with Gasteiger partial charge < -0.3 is 13.3 Å². The predicted molar refractivity (Wildman–Crippen MR) is 69.3 cm³/mol. The minimum absolute atomic E-state index is 0.422. The molecule has 4 nitrogen and oxygen atoms in total. The van der Waals surface area contributed by atoms with Gasteiger partial charge in [0.05, 0.1) is 5.60 Å². The Labute approximate surface area is 104 Å². The van der Waals surface area contributed by atoms with E-state index in [-0.39, 0.29) is 0 Å². The number of rotatable bonds is 6. The molecule has 0 bridgehead atoms. The Morgan fingerprint density at radius 1 is 1.12 bits per heavy atom. The molecule has 0 aliphatic rings. The van der Waals surface area contributed by atoms with Crippen LogP contribution in [-0.4, -0.2) is 28.8 Å². The van der Waals surface area contributed by atoms with Crippen molar-refractivity contribution >= 4 is 8.97 Å². The fourth-order valence-corrected chi connectivity index (χ4v) is 2.85. The van der Waals surface area contributed by atoms with E-state index in [4.69, 9.17) is 18.7 Å². The zero-order valence-corrected chi connectivity index (χ0v) is 11.9. The van der Waals surface area contributed by atoms with Crippen LogP contribution in [0.2, 0.25) is 0 Å². The normalized spacial score (nSPS) is 12.8. The van der Waals surface area contributed by atoms with Crippen LogP contribution in [-0.2, 0) is 19.7 Å². The van der Waals surface area contributed by atoms with E-state index in [2.05, 4.69) is 12.1 Å². The van der Waals surface area contributed by atoms with Gasteiger partial charge in [-0.3, -0.25) is 5.40 Å². The van der Waals surface area contributed by atoms with Crippen molar-refractivity contribution in [2.75, 3.05) is 14.2 Å². The summed E-state index contributed by atoms with van der Waals surface area (Å²) in [5, 5.41) is 5.91. The standard InChI is InChI=1S/C12H21NO3Si/c1-12(2,16-17(13,14-3)15-4)10-11-8-6-5-7-9-11/h5-9H,10,13H2,1-4H3. The summed E-state index contributed by atoms with van der Waals surface area (Å²) in [6.45, 7) is 3.96. The minimum Gasteiger partial charge on any atom is -0.365 e. The molecule has 0 aromatic heterocycles. The molecule has 1 aromatic rings. The lowest BCUT2D eigenvalue weighted by Gasteiger charge is -2.32. The second-order valence-corrected chi connectivity index (χ2v) is 6.76. The first-order valence-electron chi connectivity index (χ1n) is 5.54. The van der Waals surface area contributed by atoms with Crippen LogP contribution in [0.4, 0.5) is 0 Å². The maximum Gasteiger partial charge on any atom is 0.593 e. The summed E-state index contributed by atoms with van der Waals surface area (Å²) in [5.74, 6) is 0. The van der Waals surface area contributed by atoms with Gasteiger partial charge in [0.25, 0.3) is 0 Å². The highest BCUT2D eigenvalue weighted by Gasteiger charge is 2.41. The van der Waals surface area contributed by atoms with E-state index in [0.29, 0.717) is 0 Å². The fraction of sp³-hybridized carbons (Fsp3) is 0.500. The molecule has 1 aromatic carbocycles. The average molecular weight is 255 g/mol. The first-order chi connectivity index (χ1) is 7.91. The van der Waals surface area contributed by atoms with E-state index in [1.54, 1.807) is 0 Å². The van der Waals surface area contributed by atoms with Crippen molar-refractivity contribution in [1.29, 1.82) is 0 Å². The molecule has 96 valence electrons. The van der Waals surface area contributed by atoms with Crippen LogP contribution in [0.1, 0.15) is 19.4 Å². The number of nitrogens with two attached hydrogens (primary N) is 1. The van der Waals surface area contributed by atoms with Crippen molar-refractivity contribution in [1.82, 2.24) is 0 Å². The van der Waals surface area contributed by atoms with Gasteiger partial charge in [-0.2, -0.15) is 0 Å². The molecular formula is C12H21NO3Si. The van der Waals surface area contributed by atoms with E-state index in [1.165, 1.54) is 19.8 Å². The molecule has 0 unspecified atom stereocenters. The Morgan fingerprint density at radius 2 is 1.65 bits per heavy atom. The smallest absolute Gasteiger partial charge is 0.365 e. The molecule has 0 fully saturated rings. The van der Waals surface area contributed by atoms with Crippen LogP contribution in [0.25, 0.3) is 0 Å². The topological polar surface area (TPSA) is 53.7 Å². The minimum atomic E-state index is -2.99. The number of benzene rings is 1. The third-order valence-corrected chi connectivity index (χ3v) is 4.44. The van der Waals surface area contributed by atoms with Crippen LogP contribution in [0.5, 0.6) is 0 Å². The molecule has 0 amide bonds. The third kappa shape index (κ3) is 4.57. The van der Waals surface area contributed by atoms with E-state index in [0.717, 1.165) is 6.42 Å². The van der Waals surface area contributed by atoms with E-state index < -0.39 is 14.6 Å². The van der Waals surface area contributed by atoms with E-state index in [9.17, 15) is 0 Å². The van der Waals surface area contributed by atoms with Crippen LogP contribution >= 0.6 is 0 Å². The molecule has 5 heteroatoms. The van der Waals surface area contributed by atoms with E-state index in [1.807, 2.05) is 32.0 Å². The molecule has 0 heterocycles. The molecule has 0 aliphatic heterocycles. The quantitative estimate of drug-likeness (QED) is 0.786.